The Morgan fingerprint density at radius 1 is 1.16 bits per heavy atom. The second kappa shape index (κ2) is 4.76. The number of imide groups is 1. The molecule has 0 spiro atoms. The van der Waals surface area contributed by atoms with E-state index in [-0.39, 0.29) is 17.1 Å². The third-order valence-corrected chi connectivity index (χ3v) is 3.96. The summed E-state index contributed by atoms with van der Waals surface area (Å²) in [6.45, 7) is -0.277. The summed E-state index contributed by atoms with van der Waals surface area (Å²) in [5, 5.41) is -0.174. The van der Waals surface area contributed by atoms with Crippen LogP contribution in [0.5, 0.6) is 0 Å². The molecule has 0 aromatic heterocycles. The highest BCUT2D eigenvalue weighted by molar-refractivity contribution is 7.86. The van der Waals surface area contributed by atoms with Gasteiger partial charge in [-0.05, 0) is 11.6 Å². The molecule has 1 heterocycles. The maximum Gasteiger partial charge on any atom is 0.296 e. The van der Waals surface area contributed by atoms with E-state index in [1.165, 1.54) is 18.2 Å². The van der Waals surface area contributed by atoms with E-state index in [0.717, 1.165) is 17.1 Å². The molecule has 0 fully saturated rings. The van der Waals surface area contributed by atoms with Crippen LogP contribution in [0.1, 0.15) is 5.56 Å². The number of carbonyl (C=O) groups excluding carboxylic acids is 2. The van der Waals surface area contributed by atoms with Gasteiger partial charge in [-0.15, -0.1) is 0 Å². The van der Waals surface area contributed by atoms with Crippen molar-refractivity contribution in [2.75, 3.05) is 0 Å². The van der Waals surface area contributed by atoms with Gasteiger partial charge in [-0.3, -0.25) is 19.0 Å². The molecule has 100 valence electrons. The molecular weight excluding hydrogens is 294 g/mol. The van der Waals surface area contributed by atoms with Crippen LogP contribution >= 0.6 is 11.6 Å². The Morgan fingerprint density at radius 2 is 1.74 bits per heavy atom. The maximum absolute atomic E-state index is 11.4. The average Bonchev–Trinajstić information content (AvgIpc) is 2.59. The fourth-order valence-electron chi connectivity index (χ4n) is 1.72. The second-order valence-electron chi connectivity index (χ2n) is 3.80. The molecule has 1 aromatic carbocycles. The molecule has 0 aliphatic carbocycles. The number of hydrogen-bond donors (Lipinski definition) is 1. The first-order valence-electron chi connectivity index (χ1n) is 5.09. The lowest BCUT2D eigenvalue weighted by molar-refractivity contribution is -0.137. The van der Waals surface area contributed by atoms with E-state index < -0.39 is 26.8 Å². The van der Waals surface area contributed by atoms with E-state index >= 15 is 0 Å². The van der Waals surface area contributed by atoms with Crippen LogP contribution in [0, 0.1) is 0 Å². The minimum absolute atomic E-state index is 0.0698. The molecule has 6 nitrogen and oxygen atoms in total. The largest absolute Gasteiger partial charge is 0.296 e. The van der Waals surface area contributed by atoms with Crippen molar-refractivity contribution in [2.45, 2.75) is 11.4 Å². The maximum atomic E-state index is 11.4. The molecule has 1 N–H and O–H groups in total. The highest BCUT2D eigenvalue weighted by atomic mass is 35.5. The van der Waals surface area contributed by atoms with Crippen LogP contribution in [-0.2, 0) is 26.3 Å². The molecule has 19 heavy (non-hydrogen) atoms. The molecular formula is C11H8ClNO5S. The van der Waals surface area contributed by atoms with E-state index in [9.17, 15) is 18.0 Å². The van der Waals surface area contributed by atoms with Gasteiger partial charge in [-0.25, -0.2) is 0 Å². The molecule has 0 atom stereocenters. The summed E-state index contributed by atoms with van der Waals surface area (Å²) in [6, 6.07) is 4.12. The molecule has 0 unspecified atom stereocenters. The van der Waals surface area contributed by atoms with Gasteiger partial charge in [0.15, 0.2) is 0 Å². The van der Waals surface area contributed by atoms with Crippen molar-refractivity contribution in [3.63, 3.8) is 0 Å². The molecule has 0 saturated carbocycles. The minimum atomic E-state index is -4.54. The van der Waals surface area contributed by atoms with Gasteiger partial charge >= 0.3 is 0 Å². The van der Waals surface area contributed by atoms with Crippen LogP contribution in [0.25, 0.3) is 0 Å². The van der Waals surface area contributed by atoms with Gasteiger partial charge in [-0.1, -0.05) is 23.7 Å². The lowest BCUT2D eigenvalue weighted by Crippen LogP contribution is -2.30. The number of rotatable bonds is 3. The van der Waals surface area contributed by atoms with Crippen LogP contribution in [0.4, 0.5) is 0 Å². The molecule has 1 aliphatic rings. The normalized spacial score (nSPS) is 15.4. The standard InChI is InChI=1S/C11H8ClNO5S/c12-8-3-1-2-7(11(8)19(16,17)18)6-13-9(14)4-5-10(13)15/h1-5H,6H2,(H,16,17,18). The molecule has 2 rings (SSSR count). The number of hydrogen-bond acceptors (Lipinski definition) is 4. The van der Waals surface area contributed by atoms with E-state index in [1.807, 2.05) is 0 Å². The Morgan fingerprint density at radius 3 is 2.26 bits per heavy atom. The second-order valence-corrected chi connectivity index (χ2v) is 5.56. The summed E-state index contributed by atoms with van der Waals surface area (Å²) in [6.07, 6.45) is 2.17. The van der Waals surface area contributed by atoms with Crippen molar-refractivity contribution >= 4 is 33.5 Å². The monoisotopic (exact) mass is 301 g/mol. The Kier molecular flexibility index (Phi) is 3.44. The van der Waals surface area contributed by atoms with Crippen LogP contribution < -0.4 is 0 Å². The van der Waals surface area contributed by atoms with Crippen molar-refractivity contribution in [1.82, 2.24) is 4.90 Å². The zero-order valence-corrected chi connectivity index (χ0v) is 11.0. The smallest absolute Gasteiger partial charge is 0.282 e. The predicted octanol–water partition coefficient (Wildman–Crippen LogP) is 1.01. The average molecular weight is 302 g/mol. The number of amides is 2. The first kappa shape index (κ1) is 13.7. The van der Waals surface area contributed by atoms with Crippen LogP contribution in [0.3, 0.4) is 0 Å². The Balaban J connectivity index is 2.45. The predicted molar refractivity (Wildman–Crippen MR) is 66.0 cm³/mol. The summed E-state index contributed by atoms with van der Waals surface area (Å²) < 4.78 is 31.7. The van der Waals surface area contributed by atoms with Crippen LogP contribution in [0.2, 0.25) is 5.02 Å². The molecule has 0 saturated heterocycles. The van der Waals surface area contributed by atoms with E-state index in [4.69, 9.17) is 16.2 Å². The first-order chi connectivity index (χ1) is 8.80. The van der Waals surface area contributed by atoms with Gasteiger partial charge in [-0.2, -0.15) is 8.42 Å². The first-order valence-corrected chi connectivity index (χ1v) is 6.91. The fourth-order valence-corrected chi connectivity index (χ4v) is 2.99. The highest BCUT2D eigenvalue weighted by Crippen LogP contribution is 2.26. The molecule has 0 bridgehead atoms. The molecule has 0 radical (unpaired) electrons. The molecule has 1 aliphatic heterocycles. The number of carbonyl (C=O) groups is 2. The van der Waals surface area contributed by atoms with E-state index in [1.54, 1.807) is 0 Å². The third-order valence-electron chi connectivity index (χ3n) is 2.54. The van der Waals surface area contributed by atoms with Gasteiger partial charge in [0, 0.05) is 12.2 Å². The Labute approximate surface area is 114 Å². The van der Waals surface area contributed by atoms with Gasteiger partial charge in [0.05, 0.1) is 11.6 Å². The lowest BCUT2D eigenvalue weighted by Gasteiger charge is -2.16. The number of benzene rings is 1. The van der Waals surface area contributed by atoms with Gasteiger partial charge in [0.25, 0.3) is 21.9 Å². The quantitative estimate of drug-likeness (QED) is 0.664. The minimum Gasteiger partial charge on any atom is -0.282 e. The summed E-state index contributed by atoms with van der Waals surface area (Å²) in [7, 11) is -4.54. The number of halogens is 1. The highest BCUT2D eigenvalue weighted by Gasteiger charge is 2.27. The van der Waals surface area contributed by atoms with Crippen molar-refractivity contribution in [3.05, 3.63) is 40.9 Å². The summed E-state index contributed by atoms with van der Waals surface area (Å²) in [5.74, 6) is -1.10. The van der Waals surface area contributed by atoms with Gasteiger partial charge in [0.1, 0.15) is 4.90 Å². The topological polar surface area (TPSA) is 91.8 Å². The number of nitrogens with zero attached hydrogens (tertiary/aromatic N) is 1. The van der Waals surface area contributed by atoms with Crippen LogP contribution in [0.15, 0.2) is 35.2 Å². The molecule has 1 aromatic rings. The summed E-state index contributed by atoms with van der Waals surface area (Å²) in [5.41, 5.74) is 0.0698. The fraction of sp³-hybridized carbons (Fsp3) is 0.0909. The van der Waals surface area contributed by atoms with Crippen LogP contribution in [-0.4, -0.2) is 29.7 Å². The Hall–Kier alpha value is -1.70. The van der Waals surface area contributed by atoms with E-state index in [0.29, 0.717) is 0 Å². The van der Waals surface area contributed by atoms with E-state index in [2.05, 4.69) is 0 Å². The summed E-state index contributed by atoms with van der Waals surface area (Å²) >= 11 is 5.73. The molecule has 8 heteroatoms. The SMILES string of the molecule is O=C1C=CC(=O)N1Cc1cccc(Cl)c1S(=O)(=O)O. The Bertz CT molecular complexity index is 677. The summed E-state index contributed by atoms with van der Waals surface area (Å²) in [4.78, 5) is 23.2. The zero-order valence-electron chi connectivity index (χ0n) is 9.41. The van der Waals surface area contributed by atoms with Crippen molar-refractivity contribution in [1.29, 1.82) is 0 Å². The lowest BCUT2D eigenvalue weighted by atomic mass is 10.2. The van der Waals surface area contributed by atoms with Gasteiger partial charge < -0.3 is 0 Å². The third kappa shape index (κ3) is 2.67. The van der Waals surface area contributed by atoms with Crippen molar-refractivity contribution in [2.24, 2.45) is 0 Å². The van der Waals surface area contributed by atoms with Crippen molar-refractivity contribution in [3.8, 4) is 0 Å². The van der Waals surface area contributed by atoms with Crippen molar-refractivity contribution < 1.29 is 22.6 Å². The van der Waals surface area contributed by atoms with Gasteiger partial charge in [0.2, 0.25) is 0 Å². The zero-order chi connectivity index (χ0) is 14.2. The molecule has 2 amide bonds.